The first-order chi connectivity index (χ1) is 11.4. The lowest BCUT2D eigenvalue weighted by atomic mass is 9.84. The van der Waals surface area contributed by atoms with Crippen LogP contribution in [-0.2, 0) is 19.9 Å². The standard InChI is InChI=1S/C19H21NO4/c1-14(2)24-18(22)12-16(21)13-19(23,15-8-4-3-5-9-15)17-10-6-7-11-20-17/h3-11,14,23H,12-13H2,1-2H3. The van der Waals surface area contributed by atoms with Gasteiger partial charge in [-0.3, -0.25) is 14.6 Å². The normalized spacial score (nSPS) is 13.3. The van der Waals surface area contributed by atoms with E-state index in [1.807, 2.05) is 6.07 Å². The molecule has 0 amide bonds. The number of Topliss-reactive ketones (excluding diaryl/α,β-unsaturated/α-hetero) is 1. The van der Waals surface area contributed by atoms with E-state index in [9.17, 15) is 14.7 Å². The van der Waals surface area contributed by atoms with Gasteiger partial charge >= 0.3 is 5.97 Å². The van der Waals surface area contributed by atoms with Crippen LogP contribution < -0.4 is 0 Å². The second-order valence-electron chi connectivity index (χ2n) is 5.87. The lowest BCUT2D eigenvalue weighted by Crippen LogP contribution is -2.32. The fourth-order valence-corrected chi connectivity index (χ4v) is 2.48. The van der Waals surface area contributed by atoms with E-state index in [0.717, 1.165) is 0 Å². The quantitative estimate of drug-likeness (QED) is 0.625. The smallest absolute Gasteiger partial charge is 0.313 e. The summed E-state index contributed by atoms with van der Waals surface area (Å²) in [5.41, 5.74) is -0.673. The van der Waals surface area contributed by atoms with E-state index >= 15 is 0 Å². The van der Waals surface area contributed by atoms with Gasteiger partial charge in [0.05, 0.1) is 11.8 Å². The molecule has 5 heteroatoms. The molecule has 0 bridgehead atoms. The van der Waals surface area contributed by atoms with Gasteiger partial charge in [-0.05, 0) is 31.5 Å². The largest absolute Gasteiger partial charge is 0.463 e. The molecule has 1 aromatic carbocycles. The number of esters is 1. The fraction of sp³-hybridized carbons (Fsp3) is 0.316. The van der Waals surface area contributed by atoms with E-state index in [1.165, 1.54) is 0 Å². The number of carbonyl (C=O) groups is 2. The van der Waals surface area contributed by atoms with Gasteiger partial charge in [-0.2, -0.15) is 0 Å². The van der Waals surface area contributed by atoms with Crippen LogP contribution in [0.15, 0.2) is 54.7 Å². The minimum absolute atomic E-state index is 0.249. The van der Waals surface area contributed by atoms with Gasteiger partial charge in [0.2, 0.25) is 0 Å². The van der Waals surface area contributed by atoms with Crippen molar-refractivity contribution in [3.8, 4) is 0 Å². The molecule has 0 spiro atoms. The van der Waals surface area contributed by atoms with Gasteiger partial charge in [0.1, 0.15) is 17.8 Å². The molecular weight excluding hydrogens is 306 g/mol. The van der Waals surface area contributed by atoms with Gasteiger partial charge in [0.15, 0.2) is 0 Å². The van der Waals surface area contributed by atoms with E-state index < -0.39 is 17.4 Å². The van der Waals surface area contributed by atoms with Crippen molar-refractivity contribution in [1.29, 1.82) is 0 Å². The number of rotatable bonds is 7. The molecule has 1 atom stereocenters. The summed E-state index contributed by atoms with van der Waals surface area (Å²) in [6, 6.07) is 14.0. The highest BCUT2D eigenvalue weighted by Crippen LogP contribution is 2.32. The lowest BCUT2D eigenvalue weighted by Gasteiger charge is -2.27. The number of pyridine rings is 1. The fourth-order valence-electron chi connectivity index (χ4n) is 2.48. The Hall–Kier alpha value is -2.53. The minimum Gasteiger partial charge on any atom is -0.463 e. The van der Waals surface area contributed by atoms with Crippen LogP contribution in [-0.4, -0.2) is 27.9 Å². The predicted molar refractivity (Wildman–Crippen MR) is 89.1 cm³/mol. The van der Waals surface area contributed by atoms with Crippen molar-refractivity contribution in [1.82, 2.24) is 4.98 Å². The van der Waals surface area contributed by atoms with Crippen molar-refractivity contribution in [2.45, 2.75) is 38.4 Å². The van der Waals surface area contributed by atoms with E-state index in [-0.39, 0.29) is 18.9 Å². The van der Waals surface area contributed by atoms with E-state index in [1.54, 1.807) is 62.5 Å². The van der Waals surface area contributed by atoms with Gasteiger partial charge in [0.25, 0.3) is 0 Å². The van der Waals surface area contributed by atoms with Crippen molar-refractivity contribution in [3.63, 3.8) is 0 Å². The van der Waals surface area contributed by atoms with Gasteiger partial charge in [0, 0.05) is 12.6 Å². The summed E-state index contributed by atoms with van der Waals surface area (Å²) in [4.78, 5) is 28.2. The van der Waals surface area contributed by atoms with Crippen molar-refractivity contribution in [3.05, 3.63) is 66.0 Å². The Morgan fingerprint density at radius 1 is 1.12 bits per heavy atom. The number of aromatic nitrogens is 1. The van der Waals surface area contributed by atoms with Crippen molar-refractivity contribution >= 4 is 11.8 Å². The Labute approximate surface area is 141 Å². The molecule has 0 saturated carbocycles. The average Bonchev–Trinajstić information content (AvgIpc) is 2.55. The third kappa shape index (κ3) is 4.49. The van der Waals surface area contributed by atoms with Crippen LogP contribution in [0.1, 0.15) is 37.9 Å². The number of aliphatic hydroxyl groups is 1. The van der Waals surface area contributed by atoms with Crippen LogP contribution >= 0.6 is 0 Å². The van der Waals surface area contributed by atoms with E-state index in [2.05, 4.69) is 4.98 Å². The number of nitrogens with zero attached hydrogens (tertiary/aromatic N) is 1. The second-order valence-corrected chi connectivity index (χ2v) is 5.87. The zero-order valence-electron chi connectivity index (χ0n) is 13.8. The zero-order valence-corrected chi connectivity index (χ0v) is 13.8. The SMILES string of the molecule is CC(C)OC(=O)CC(=O)CC(O)(c1ccccc1)c1ccccn1. The Kier molecular flexibility index (Phi) is 5.82. The molecule has 1 unspecified atom stereocenters. The first-order valence-corrected chi connectivity index (χ1v) is 7.82. The van der Waals surface area contributed by atoms with Gasteiger partial charge in [-0.15, -0.1) is 0 Å². The first-order valence-electron chi connectivity index (χ1n) is 7.82. The molecule has 0 aliphatic rings. The molecule has 0 aliphatic carbocycles. The Bertz CT molecular complexity index is 644. The number of benzene rings is 1. The summed E-state index contributed by atoms with van der Waals surface area (Å²) in [7, 11) is 0. The highest BCUT2D eigenvalue weighted by molar-refractivity contribution is 5.96. The van der Waals surface area contributed by atoms with Crippen LogP contribution in [0, 0.1) is 0 Å². The van der Waals surface area contributed by atoms with Crippen molar-refractivity contribution in [2.24, 2.45) is 0 Å². The van der Waals surface area contributed by atoms with Crippen LogP contribution in [0.3, 0.4) is 0 Å². The maximum atomic E-state index is 12.3. The number of carbonyl (C=O) groups excluding carboxylic acids is 2. The Balaban J connectivity index is 2.25. The zero-order chi connectivity index (χ0) is 17.6. The summed E-state index contributed by atoms with van der Waals surface area (Å²) in [6.07, 6.45) is 0.649. The van der Waals surface area contributed by atoms with Crippen LogP contribution in [0.2, 0.25) is 0 Å². The Morgan fingerprint density at radius 3 is 2.38 bits per heavy atom. The second kappa shape index (κ2) is 7.84. The summed E-state index contributed by atoms with van der Waals surface area (Å²) >= 11 is 0. The van der Waals surface area contributed by atoms with E-state index in [0.29, 0.717) is 11.3 Å². The van der Waals surface area contributed by atoms with Crippen LogP contribution in [0.5, 0.6) is 0 Å². The molecule has 1 N–H and O–H groups in total. The predicted octanol–water partition coefficient (Wildman–Crippen LogP) is 2.62. The Morgan fingerprint density at radius 2 is 1.79 bits per heavy atom. The number of hydrogen-bond acceptors (Lipinski definition) is 5. The summed E-state index contributed by atoms with van der Waals surface area (Å²) < 4.78 is 4.99. The molecule has 5 nitrogen and oxygen atoms in total. The molecule has 1 aromatic heterocycles. The topological polar surface area (TPSA) is 76.5 Å². The highest BCUT2D eigenvalue weighted by atomic mass is 16.5. The molecule has 2 aromatic rings. The molecule has 0 aliphatic heterocycles. The molecule has 0 radical (unpaired) electrons. The summed E-state index contributed by atoms with van der Waals surface area (Å²) in [6.45, 7) is 3.44. The lowest BCUT2D eigenvalue weighted by molar-refractivity contribution is -0.149. The van der Waals surface area contributed by atoms with Gasteiger partial charge < -0.3 is 9.84 Å². The van der Waals surface area contributed by atoms with Crippen molar-refractivity contribution < 1.29 is 19.4 Å². The summed E-state index contributed by atoms with van der Waals surface area (Å²) in [5, 5.41) is 11.2. The summed E-state index contributed by atoms with van der Waals surface area (Å²) in [5.74, 6) is -0.996. The molecule has 24 heavy (non-hydrogen) atoms. The first kappa shape index (κ1) is 17.8. The van der Waals surface area contributed by atoms with Gasteiger partial charge in [-0.25, -0.2) is 0 Å². The minimum atomic E-state index is -1.59. The average molecular weight is 327 g/mol. The third-order valence-corrected chi connectivity index (χ3v) is 3.50. The number of ether oxygens (including phenoxy) is 1. The molecular formula is C19H21NO4. The maximum absolute atomic E-state index is 12.3. The van der Waals surface area contributed by atoms with Crippen molar-refractivity contribution in [2.75, 3.05) is 0 Å². The molecule has 2 rings (SSSR count). The molecule has 126 valence electrons. The molecule has 1 heterocycles. The monoisotopic (exact) mass is 327 g/mol. The number of hydrogen-bond donors (Lipinski definition) is 1. The maximum Gasteiger partial charge on any atom is 0.313 e. The van der Waals surface area contributed by atoms with Gasteiger partial charge in [-0.1, -0.05) is 36.4 Å². The van der Waals surface area contributed by atoms with Crippen LogP contribution in [0.25, 0.3) is 0 Å². The van der Waals surface area contributed by atoms with E-state index in [4.69, 9.17) is 4.74 Å². The third-order valence-electron chi connectivity index (χ3n) is 3.50. The highest BCUT2D eigenvalue weighted by Gasteiger charge is 2.36. The van der Waals surface area contributed by atoms with Crippen LogP contribution in [0.4, 0.5) is 0 Å². The number of ketones is 1. The molecule has 0 fully saturated rings. The molecule has 0 saturated heterocycles.